The van der Waals surface area contributed by atoms with E-state index in [9.17, 15) is 4.79 Å². The molecular weight excluding hydrogens is 398 g/mol. The van der Waals surface area contributed by atoms with Crippen molar-refractivity contribution in [3.8, 4) is 28.7 Å². The molecule has 4 rings (SSSR count). The van der Waals surface area contributed by atoms with E-state index in [1.807, 2.05) is 0 Å². The van der Waals surface area contributed by atoms with Crippen molar-refractivity contribution < 1.29 is 9.53 Å². The molecule has 0 unspecified atom stereocenters. The van der Waals surface area contributed by atoms with Gasteiger partial charge in [-0.3, -0.25) is 15.1 Å². The standard InChI is InChI=1S/C19H14ClN5O2S/c1-27-15-10-22-16(20)8-13(15)14-9-21-7-6-12(14)18(26)23-19-25-24-17(28-19)5-4-11-2-3-11/h6-11H,2-3H2,1H3,(H,23,25,26). The van der Waals surface area contributed by atoms with E-state index in [0.29, 0.717) is 38.5 Å². The number of carbonyl (C=O) groups is 1. The maximum absolute atomic E-state index is 12.9. The number of hydrogen-bond acceptors (Lipinski definition) is 7. The summed E-state index contributed by atoms with van der Waals surface area (Å²) in [5.74, 6) is 6.74. The Balaban J connectivity index is 1.61. The van der Waals surface area contributed by atoms with Gasteiger partial charge in [-0.25, -0.2) is 4.98 Å². The Hall–Kier alpha value is -3.02. The van der Waals surface area contributed by atoms with Crippen LogP contribution in [0, 0.1) is 17.8 Å². The largest absolute Gasteiger partial charge is 0.494 e. The molecule has 0 radical (unpaired) electrons. The van der Waals surface area contributed by atoms with Gasteiger partial charge in [0.05, 0.1) is 18.9 Å². The first-order valence-corrected chi connectivity index (χ1v) is 9.64. The minimum Gasteiger partial charge on any atom is -0.494 e. The summed E-state index contributed by atoms with van der Waals surface area (Å²) in [5, 5.41) is 12.0. The maximum Gasteiger partial charge on any atom is 0.258 e. The summed E-state index contributed by atoms with van der Waals surface area (Å²) in [6.45, 7) is 0. The van der Waals surface area contributed by atoms with Crippen LogP contribution in [-0.4, -0.2) is 33.2 Å². The number of methoxy groups -OCH3 is 1. The molecule has 0 saturated heterocycles. The average molecular weight is 412 g/mol. The number of nitrogens with zero attached hydrogens (tertiary/aromatic N) is 4. The predicted molar refractivity (Wildman–Crippen MR) is 106 cm³/mol. The maximum atomic E-state index is 12.9. The van der Waals surface area contributed by atoms with Crippen LogP contribution >= 0.6 is 22.9 Å². The van der Waals surface area contributed by atoms with Gasteiger partial charge in [0, 0.05) is 29.4 Å². The molecule has 7 nitrogen and oxygen atoms in total. The van der Waals surface area contributed by atoms with E-state index < -0.39 is 0 Å². The summed E-state index contributed by atoms with van der Waals surface area (Å²) in [6.07, 6.45) is 6.91. The number of anilines is 1. The molecule has 1 saturated carbocycles. The third kappa shape index (κ3) is 4.11. The lowest BCUT2D eigenvalue weighted by molar-refractivity contribution is 0.102. The van der Waals surface area contributed by atoms with Gasteiger partial charge in [-0.2, -0.15) is 0 Å². The molecule has 1 fully saturated rings. The molecule has 0 aromatic carbocycles. The van der Waals surface area contributed by atoms with Crippen molar-refractivity contribution in [3.05, 3.63) is 46.4 Å². The van der Waals surface area contributed by atoms with Crippen LogP contribution in [0.15, 0.2) is 30.7 Å². The zero-order valence-electron chi connectivity index (χ0n) is 14.8. The van der Waals surface area contributed by atoms with Crippen LogP contribution < -0.4 is 10.1 Å². The van der Waals surface area contributed by atoms with Crippen LogP contribution in [0.2, 0.25) is 5.15 Å². The highest BCUT2D eigenvalue weighted by atomic mass is 35.5. The Morgan fingerprint density at radius 1 is 1.32 bits per heavy atom. The highest BCUT2D eigenvalue weighted by molar-refractivity contribution is 7.15. The summed E-state index contributed by atoms with van der Waals surface area (Å²) >= 11 is 7.27. The molecule has 3 aromatic rings. The van der Waals surface area contributed by atoms with Crippen LogP contribution in [0.25, 0.3) is 11.1 Å². The molecular formula is C19H14ClN5O2S. The second kappa shape index (κ2) is 7.92. The smallest absolute Gasteiger partial charge is 0.258 e. The van der Waals surface area contributed by atoms with Gasteiger partial charge in [0.25, 0.3) is 5.91 Å². The molecule has 0 spiro atoms. The van der Waals surface area contributed by atoms with Crippen molar-refractivity contribution in [3.63, 3.8) is 0 Å². The number of pyridine rings is 2. The van der Waals surface area contributed by atoms with E-state index in [1.165, 1.54) is 24.6 Å². The van der Waals surface area contributed by atoms with Crippen LogP contribution in [-0.2, 0) is 0 Å². The first-order valence-electron chi connectivity index (χ1n) is 8.44. The highest BCUT2D eigenvalue weighted by Crippen LogP contribution is 2.33. The van der Waals surface area contributed by atoms with Gasteiger partial charge < -0.3 is 4.74 Å². The predicted octanol–water partition coefficient (Wildman–Crippen LogP) is 3.67. The van der Waals surface area contributed by atoms with Gasteiger partial charge in [-0.05, 0) is 30.9 Å². The number of amides is 1. The van der Waals surface area contributed by atoms with Gasteiger partial charge in [-0.1, -0.05) is 28.9 Å². The highest BCUT2D eigenvalue weighted by Gasteiger charge is 2.19. The summed E-state index contributed by atoms with van der Waals surface area (Å²) in [4.78, 5) is 21.0. The average Bonchev–Trinajstić information content (AvgIpc) is 3.44. The molecule has 28 heavy (non-hydrogen) atoms. The van der Waals surface area contributed by atoms with E-state index in [2.05, 4.69) is 37.3 Å². The molecule has 1 N–H and O–H groups in total. The Labute approximate surface area is 170 Å². The van der Waals surface area contributed by atoms with Gasteiger partial charge in [0.2, 0.25) is 5.13 Å². The van der Waals surface area contributed by atoms with Crippen molar-refractivity contribution >= 4 is 34.0 Å². The fourth-order valence-electron chi connectivity index (χ4n) is 2.48. The van der Waals surface area contributed by atoms with Crippen molar-refractivity contribution in [1.82, 2.24) is 20.2 Å². The Morgan fingerprint density at radius 3 is 2.96 bits per heavy atom. The molecule has 140 valence electrons. The molecule has 0 aliphatic heterocycles. The molecule has 0 bridgehead atoms. The quantitative estimate of drug-likeness (QED) is 0.520. The van der Waals surface area contributed by atoms with E-state index >= 15 is 0 Å². The third-order valence-corrected chi connectivity index (χ3v) is 4.98. The number of ether oxygens (including phenoxy) is 1. The molecule has 3 aromatic heterocycles. The van der Waals surface area contributed by atoms with Gasteiger partial charge in [0.1, 0.15) is 10.9 Å². The number of hydrogen-bond donors (Lipinski definition) is 1. The van der Waals surface area contributed by atoms with Gasteiger partial charge in [-0.15, -0.1) is 10.2 Å². The lowest BCUT2D eigenvalue weighted by Gasteiger charge is -2.12. The molecule has 1 amide bonds. The molecule has 0 atom stereocenters. The van der Waals surface area contributed by atoms with E-state index in [1.54, 1.807) is 24.5 Å². The number of aromatic nitrogens is 4. The zero-order chi connectivity index (χ0) is 19.5. The number of nitrogens with one attached hydrogen (secondary N) is 1. The fraction of sp³-hybridized carbons (Fsp3) is 0.211. The Kier molecular flexibility index (Phi) is 5.19. The second-order valence-corrected chi connectivity index (χ2v) is 7.40. The van der Waals surface area contributed by atoms with Crippen molar-refractivity contribution in [2.75, 3.05) is 12.4 Å². The second-order valence-electron chi connectivity index (χ2n) is 6.04. The van der Waals surface area contributed by atoms with Crippen LogP contribution in [0.3, 0.4) is 0 Å². The molecule has 1 aliphatic rings. The third-order valence-electron chi connectivity index (χ3n) is 4.02. The molecule has 1 aliphatic carbocycles. The normalized spacial score (nSPS) is 12.8. The number of rotatable bonds is 4. The number of carbonyl (C=O) groups excluding carboxylic acids is 1. The van der Waals surface area contributed by atoms with Crippen molar-refractivity contribution in [2.45, 2.75) is 12.8 Å². The molecule has 3 heterocycles. The van der Waals surface area contributed by atoms with E-state index in [0.717, 1.165) is 12.8 Å². The SMILES string of the molecule is COc1cnc(Cl)cc1-c1cnccc1C(=O)Nc1nnc(C#CC2CC2)s1. The van der Waals surface area contributed by atoms with Crippen molar-refractivity contribution in [1.29, 1.82) is 0 Å². The lowest BCUT2D eigenvalue weighted by atomic mass is 10.0. The summed E-state index contributed by atoms with van der Waals surface area (Å²) in [6, 6.07) is 3.25. The van der Waals surface area contributed by atoms with Crippen LogP contribution in [0.5, 0.6) is 5.75 Å². The first kappa shape index (κ1) is 18.3. The van der Waals surface area contributed by atoms with E-state index in [-0.39, 0.29) is 11.1 Å². The van der Waals surface area contributed by atoms with E-state index in [4.69, 9.17) is 16.3 Å². The number of halogens is 1. The fourth-order valence-corrected chi connectivity index (χ4v) is 3.24. The van der Waals surface area contributed by atoms with Crippen molar-refractivity contribution in [2.24, 2.45) is 5.92 Å². The topological polar surface area (TPSA) is 89.9 Å². The van der Waals surface area contributed by atoms with Crippen LogP contribution in [0.1, 0.15) is 28.2 Å². The van der Waals surface area contributed by atoms with Gasteiger partial charge in [0.15, 0.2) is 5.01 Å². The lowest BCUT2D eigenvalue weighted by Crippen LogP contribution is -2.13. The Bertz CT molecular complexity index is 1100. The summed E-state index contributed by atoms with van der Waals surface area (Å²) in [5.41, 5.74) is 1.59. The Morgan fingerprint density at radius 2 is 2.18 bits per heavy atom. The minimum atomic E-state index is -0.342. The first-order chi connectivity index (χ1) is 13.6. The van der Waals surface area contributed by atoms with Crippen LogP contribution in [0.4, 0.5) is 5.13 Å². The molecule has 9 heteroatoms. The van der Waals surface area contributed by atoms with Gasteiger partial charge >= 0.3 is 0 Å². The summed E-state index contributed by atoms with van der Waals surface area (Å²) < 4.78 is 5.35. The monoisotopic (exact) mass is 411 g/mol. The zero-order valence-corrected chi connectivity index (χ0v) is 16.3. The minimum absolute atomic E-state index is 0.286. The summed E-state index contributed by atoms with van der Waals surface area (Å²) in [7, 11) is 1.52.